The third-order valence-corrected chi connectivity index (χ3v) is 5.35. The highest BCUT2D eigenvalue weighted by Gasteiger charge is 2.28. The Bertz CT molecular complexity index is 545. The molecule has 3 N–H and O–H groups in total. The number of nitrogens with one attached hydrogen (secondary N) is 1. The molecule has 6 heteroatoms. The fourth-order valence-corrected chi connectivity index (χ4v) is 3.60. The first-order valence-electron chi connectivity index (χ1n) is 8.95. The lowest BCUT2D eigenvalue weighted by Crippen LogP contribution is -2.51. The maximum absolute atomic E-state index is 12.9. The number of hydrogen-bond acceptors (Lipinski definition) is 4. The Morgan fingerprint density at radius 1 is 1.28 bits per heavy atom. The van der Waals surface area contributed by atoms with E-state index in [0.29, 0.717) is 25.3 Å². The first-order valence-corrected chi connectivity index (χ1v) is 10.3. The van der Waals surface area contributed by atoms with Crippen molar-refractivity contribution >= 4 is 23.6 Å². The van der Waals surface area contributed by atoms with Gasteiger partial charge in [-0.05, 0) is 49.3 Å². The highest BCUT2D eigenvalue weighted by molar-refractivity contribution is 7.98. The van der Waals surface area contributed by atoms with Crippen LogP contribution in [0.5, 0.6) is 0 Å². The van der Waals surface area contributed by atoms with E-state index < -0.39 is 6.04 Å². The molecular formula is C19H29N3O2S. The third kappa shape index (κ3) is 6.36. The van der Waals surface area contributed by atoms with E-state index in [9.17, 15) is 9.59 Å². The van der Waals surface area contributed by atoms with E-state index in [4.69, 9.17) is 5.73 Å². The smallest absolute Gasteiger partial charge is 0.245 e. The minimum absolute atomic E-state index is 0.0472. The quantitative estimate of drug-likeness (QED) is 0.737. The highest BCUT2D eigenvalue weighted by atomic mass is 32.2. The zero-order chi connectivity index (χ0) is 18.1. The Kier molecular flexibility index (Phi) is 8.28. The first kappa shape index (κ1) is 19.8. The SMILES string of the molecule is CSCCC(NC(=O)Cc1ccccc1)C(=O)N1CCC(CN)CC1. The van der Waals surface area contributed by atoms with Gasteiger partial charge >= 0.3 is 0 Å². The van der Waals surface area contributed by atoms with Gasteiger partial charge in [-0.15, -0.1) is 0 Å². The van der Waals surface area contributed by atoms with Crippen molar-refractivity contribution in [2.75, 3.05) is 31.6 Å². The lowest BCUT2D eigenvalue weighted by molar-refractivity contribution is -0.137. The number of likely N-dealkylation sites (tertiary alicyclic amines) is 1. The molecule has 138 valence electrons. The van der Waals surface area contributed by atoms with E-state index >= 15 is 0 Å². The molecule has 1 aliphatic heterocycles. The fraction of sp³-hybridized carbons (Fsp3) is 0.579. The number of hydrogen-bond donors (Lipinski definition) is 2. The molecule has 1 aromatic rings. The number of nitrogens with two attached hydrogens (primary N) is 1. The van der Waals surface area contributed by atoms with Gasteiger partial charge in [0.2, 0.25) is 11.8 Å². The largest absolute Gasteiger partial charge is 0.344 e. The van der Waals surface area contributed by atoms with Crippen molar-refractivity contribution in [1.29, 1.82) is 0 Å². The molecule has 1 saturated heterocycles. The molecule has 0 radical (unpaired) electrons. The number of benzene rings is 1. The molecule has 2 amide bonds. The van der Waals surface area contributed by atoms with Crippen LogP contribution in [0.3, 0.4) is 0 Å². The molecule has 0 aliphatic carbocycles. The van der Waals surface area contributed by atoms with Gasteiger partial charge in [0.25, 0.3) is 0 Å². The van der Waals surface area contributed by atoms with Crippen molar-refractivity contribution in [3.8, 4) is 0 Å². The van der Waals surface area contributed by atoms with Crippen molar-refractivity contribution in [3.63, 3.8) is 0 Å². The Labute approximate surface area is 154 Å². The minimum Gasteiger partial charge on any atom is -0.344 e. The Morgan fingerprint density at radius 2 is 1.96 bits per heavy atom. The second-order valence-electron chi connectivity index (χ2n) is 6.57. The number of thioether (sulfide) groups is 1. The summed E-state index contributed by atoms with van der Waals surface area (Å²) in [4.78, 5) is 27.1. The normalized spacial score (nSPS) is 16.5. The molecule has 5 nitrogen and oxygen atoms in total. The second kappa shape index (κ2) is 10.5. The van der Waals surface area contributed by atoms with E-state index in [0.717, 1.165) is 37.2 Å². The van der Waals surface area contributed by atoms with E-state index in [1.165, 1.54) is 0 Å². The van der Waals surface area contributed by atoms with Crippen LogP contribution in [0.4, 0.5) is 0 Å². The van der Waals surface area contributed by atoms with Gasteiger partial charge < -0.3 is 16.0 Å². The van der Waals surface area contributed by atoms with E-state index in [2.05, 4.69) is 5.32 Å². The molecule has 1 unspecified atom stereocenters. The Balaban J connectivity index is 1.92. The summed E-state index contributed by atoms with van der Waals surface area (Å²) < 4.78 is 0. The van der Waals surface area contributed by atoms with Gasteiger partial charge in [0.15, 0.2) is 0 Å². The van der Waals surface area contributed by atoms with Crippen LogP contribution in [0, 0.1) is 5.92 Å². The summed E-state index contributed by atoms with van der Waals surface area (Å²) >= 11 is 1.69. The van der Waals surface area contributed by atoms with Crippen LogP contribution in [0.2, 0.25) is 0 Å². The molecule has 1 aliphatic rings. The fourth-order valence-electron chi connectivity index (χ4n) is 3.13. The summed E-state index contributed by atoms with van der Waals surface area (Å²) in [6.07, 6.45) is 4.89. The third-order valence-electron chi connectivity index (χ3n) is 4.71. The monoisotopic (exact) mass is 363 g/mol. The number of carbonyl (C=O) groups excluding carboxylic acids is 2. The molecule has 2 rings (SSSR count). The molecular weight excluding hydrogens is 334 g/mol. The lowest BCUT2D eigenvalue weighted by atomic mass is 9.96. The van der Waals surface area contributed by atoms with E-state index in [1.807, 2.05) is 41.5 Å². The standard InChI is InChI=1S/C19H29N3O2S/c1-25-12-9-17(19(24)22-10-7-16(14-20)8-11-22)21-18(23)13-15-5-3-2-4-6-15/h2-6,16-17H,7-14,20H2,1H3,(H,21,23). The summed E-state index contributed by atoms with van der Waals surface area (Å²) in [6.45, 7) is 2.17. The van der Waals surface area contributed by atoms with Crippen molar-refractivity contribution in [1.82, 2.24) is 10.2 Å². The van der Waals surface area contributed by atoms with Crippen molar-refractivity contribution in [2.45, 2.75) is 31.7 Å². The van der Waals surface area contributed by atoms with Crippen LogP contribution in [0.25, 0.3) is 0 Å². The molecule has 0 saturated carbocycles. The predicted molar refractivity (Wildman–Crippen MR) is 103 cm³/mol. The number of piperidine rings is 1. The zero-order valence-corrected chi connectivity index (χ0v) is 15.8. The van der Waals surface area contributed by atoms with Crippen LogP contribution >= 0.6 is 11.8 Å². The highest BCUT2D eigenvalue weighted by Crippen LogP contribution is 2.17. The molecule has 1 heterocycles. The predicted octanol–water partition coefficient (Wildman–Crippen LogP) is 1.66. The molecule has 0 bridgehead atoms. The van der Waals surface area contributed by atoms with Crippen LogP contribution < -0.4 is 11.1 Å². The van der Waals surface area contributed by atoms with Crippen molar-refractivity contribution in [2.24, 2.45) is 11.7 Å². The van der Waals surface area contributed by atoms with E-state index in [1.54, 1.807) is 11.8 Å². The van der Waals surface area contributed by atoms with Gasteiger partial charge in [0.1, 0.15) is 6.04 Å². The van der Waals surface area contributed by atoms with Crippen molar-refractivity contribution < 1.29 is 9.59 Å². The maximum atomic E-state index is 12.9. The van der Waals surface area contributed by atoms with Gasteiger partial charge in [-0.2, -0.15) is 11.8 Å². The maximum Gasteiger partial charge on any atom is 0.245 e. The summed E-state index contributed by atoms with van der Waals surface area (Å²) in [5.41, 5.74) is 6.68. The van der Waals surface area contributed by atoms with Gasteiger partial charge in [-0.1, -0.05) is 30.3 Å². The minimum atomic E-state index is -0.432. The Hall–Kier alpha value is -1.53. The first-order chi connectivity index (χ1) is 12.1. The topological polar surface area (TPSA) is 75.4 Å². The van der Waals surface area contributed by atoms with Crippen LogP contribution in [0.1, 0.15) is 24.8 Å². The summed E-state index contributed by atoms with van der Waals surface area (Å²) in [6, 6.07) is 9.18. The molecule has 0 aromatic heterocycles. The number of carbonyl (C=O) groups is 2. The number of amides is 2. The molecule has 25 heavy (non-hydrogen) atoms. The number of nitrogens with zero attached hydrogens (tertiary/aromatic N) is 1. The molecule has 1 fully saturated rings. The summed E-state index contributed by atoms with van der Waals surface area (Å²) in [5.74, 6) is 1.32. The Morgan fingerprint density at radius 3 is 2.56 bits per heavy atom. The number of rotatable bonds is 8. The summed E-state index contributed by atoms with van der Waals surface area (Å²) in [7, 11) is 0. The lowest BCUT2D eigenvalue weighted by Gasteiger charge is -2.34. The second-order valence-corrected chi connectivity index (χ2v) is 7.55. The van der Waals surface area contributed by atoms with Gasteiger partial charge in [-0.3, -0.25) is 9.59 Å². The van der Waals surface area contributed by atoms with Gasteiger partial charge in [-0.25, -0.2) is 0 Å². The van der Waals surface area contributed by atoms with Crippen LogP contribution in [-0.2, 0) is 16.0 Å². The van der Waals surface area contributed by atoms with Gasteiger partial charge in [0, 0.05) is 13.1 Å². The molecule has 1 aromatic carbocycles. The average molecular weight is 364 g/mol. The van der Waals surface area contributed by atoms with E-state index in [-0.39, 0.29) is 11.8 Å². The van der Waals surface area contributed by atoms with Crippen molar-refractivity contribution in [3.05, 3.63) is 35.9 Å². The summed E-state index contributed by atoms with van der Waals surface area (Å²) in [5, 5.41) is 2.95. The zero-order valence-electron chi connectivity index (χ0n) is 14.9. The molecule has 1 atom stereocenters. The van der Waals surface area contributed by atoms with Crippen LogP contribution in [0.15, 0.2) is 30.3 Å². The van der Waals surface area contributed by atoms with Gasteiger partial charge in [0.05, 0.1) is 6.42 Å². The average Bonchev–Trinajstić information content (AvgIpc) is 2.65. The van der Waals surface area contributed by atoms with Crippen LogP contribution in [-0.4, -0.2) is 54.4 Å². The molecule has 0 spiro atoms.